The SMILES string of the molecule is Cc1ccc(S(=O)(=O)Cc2ccc(C(=O)NCC(C)CN)cc2)cc1. The molecule has 0 aromatic heterocycles. The summed E-state index contributed by atoms with van der Waals surface area (Å²) in [7, 11) is -3.40. The summed E-state index contributed by atoms with van der Waals surface area (Å²) in [5, 5.41) is 2.81. The fraction of sp³-hybridized carbons (Fsp3) is 0.316. The van der Waals surface area contributed by atoms with Crippen molar-refractivity contribution >= 4 is 15.7 Å². The molecule has 5 nitrogen and oxygen atoms in total. The number of carbonyl (C=O) groups is 1. The maximum atomic E-state index is 12.5. The lowest BCUT2D eigenvalue weighted by Crippen LogP contribution is -2.31. The van der Waals surface area contributed by atoms with Gasteiger partial charge in [0.15, 0.2) is 9.84 Å². The molecule has 1 unspecified atom stereocenters. The van der Waals surface area contributed by atoms with E-state index >= 15 is 0 Å². The number of carbonyl (C=O) groups excluding carboxylic acids is 1. The molecule has 25 heavy (non-hydrogen) atoms. The zero-order valence-electron chi connectivity index (χ0n) is 14.5. The first-order valence-electron chi connectivity index (χ1n) is 8.18. The molecule has 0 saturated carbocycles. The number of benzene rings is 2. The molecule has 0 spiro atoms. The van der Waals surface area contributed by atoms with Gasteiger partial charge in [0, 0.05) is 12.1 Å². The summed E-state index contributed by atoms with van der Waals surface area (Å²) in [6.45, 7) is 4.89. The molecule has 1 amide bonds. The van der Waals surface area contributed by atoms with Crippen molar-refractivity contribution in [2.24, 2.45) is 11.7 Å². The van der Waals surface area contributed by atoms with E-state index in [4.69, 9.17) is 5.73 Å². The number of amides is 1. The molecule has 0 bridgehead atoms. The van der Waals surface area contributed by atoms with Gasteiger partial charge in [0.2, 0.25) is 0 Å². The van der Waals surface area contributed by atoms with Gasteiger partial charge in [0.25, 0.3) is 5.91 Å². The van der Waals surface area contributed by atoms with Crippen molar-refractivity contribution in [2.75, 3.05) is 13.1 Å². The zero-order chi connectivity index (χ0) is 18.4. The Bertz CT molecular complexity index is 813. The second-order valence-electron chi connectivity index (χ2n) is 6.32. The third-order valence-electron chi connectivity index (χ3n) is 3.97. The minimum absolute atomic E-state index is 0.0951. The van der Waals surface area contributed by atoms with Gasteiger partial charge >= 0.3 is 0 Å². The molecule has 0 aliphatic carbocycles. The average molecular weight is 360 g/mol. The Labute approximate surface area is 149 Å². The summed E-state index contributed by atoms with van der Waals surface area (Å²) in [5.41, 5.74) is 7.68. The van der Waals surface area contributed by atoms with Crippen molar-refractivity contribution in [1.29, 1.82) is 0 Å². The first-order chi connectivity index (χ1) is 11.8. The van der Waals surface area contributed by atoms with Crippen LogP contribution in [0.3, 0.4) is 0 Å². The monoisotopic (exact) mass is 360 g/mol. The molecule has 0 radical (unpaired) electrons. The number of aryl methyl sites for hydroxylation is 1. The second kappa shape index (κ2) is 8.27. The smallest absolute Gasteiger partial charge is 0.251 e. The van der Waals surface area contributed by atoms with Crippen molar-refractivity contribution in [1.82, 2.24) is 5.32 Å². The van der Waals surface area contributed by atoms with Crippen LogP contribution in [-0.2, 0) is 15.6 Å². The van der Waals surface area contributed by atoms with E-state index in [9.17, 15) is 13.2 Å². The van der Waals surface area contributed by atoms with E-state index in [0.29, 0.717) is 29.1 Å². The maximum Gasteiger partial charge on any atom is 0.251 e. The van der Waals surface area contributed by atoms with Crippen molar-refractivity contribution in [2.45, 2.75) is 24.5 Å². The Kier molecular flexibility index (Phi) is 6.33. The molecule has 1 atom stereocenters. The summed E-state index contributed by atoms with van der Waals surface area (Å²) in [6, 6.07) is 13.4. The summed E-state index contributed by atoms with van der Waals surface area (Å²) in [4.78, 5) is 12.3. The molecule has 0 aliphatic rings. The average Bonchev–Trinajstić information content (AvgIpc) is 2.60. The first-order valence-corrected chi connectivity index (χ1v) is 9.83. The van der Waals surface area contributed by atoms with Crippen LogP contribution < -0.4 is 11.1 Å². The largest absolute Gasteiger partial charge is 0.352 e. The van der Waals surface area contributed by atoms with Gasteiger partial charge in [-0.05, 0) is 49.2 Å². The number of rotatable bonds is 7. The van der Waals surface area contributed by atoms with Crippen LogP contribution in [0.25, 0.3) is 0 Å². The van der Waals surface area contributed by atoms with E-state index in [1.807, 2.05) is 13.8 Å². The minimum atomic E-state index is -3.40. The molecule has 0 fully saturated rings. The van der Waals surface area contributed by atoms with E-state index < -0.39 is 9.84 Å². The molecule has 0 aliphatic heterocycles. The summed E-state index contributed by atoms with van der Waals surface area (Å²) in [6.07, 6.45) is 0. The molecule has 0 saturated heterocycles. The molecule has 2 aromatic rings. The van der Waals surface area contributed by atoms with E-state index in [0.717, 1.165) is 5.56 Å². The highest BCUT2D eigenvalue weighted by Gasteiger charge is 2.15. The van der Waals surface area contributed by atoms with Gasteiger partial charge in [-0.2, -0.15) is 0 Å². The predicted molar refractivity (Wildman–Crippen MR) is 99.1 cm³/mol. The minimum Gasteiger partial charge on any atom is -0.352 e. The third kappa shape index (κ3) is 5.41. The second-order valence-corrected chi connectivity index (χ2v) is 8.31. The van der Waals surface area contributed by atoms with Crippen molar-refractivity contribution in [3.05, 3.63) is 65.2 Å². The fourth-order valence-electron chi connectivity index (χ4n) is 2.25. The van der Waals surface area contributed by atoms with Gasteiger partial charge in [-0.25, -0.2) is 8.42 Å². The van der Waals surface area contributed by atoms with Crippen LogP contribution >= 0.6 is 0 Å². The van der Waals surface area contributed by atoms with Crippen LogP contribution in [-0.4, -0.2) is 27.4 Å². The lowest BCUT2D eigenvalue weighted by atomic mass is 10.1. The Morgan fingerprint density at radius 1 is 1.08 bits per heavy atom. The Morgan fingerprint density at radius 3 is 2.24 bits per heavy atom. The number of hydrogen-bond acceptors (Lipinski definition) is 4. The standard InChI is InChI=1S/C19H24N2O3S/c1-14-3-9-18(10-4-14)25(23,24)13-16-5-7-17(8-6-16)19(22)21-12-15(2)11-20/h3-10,15H,11-13,20H2,1-2H3,(H,21,22). The van der Waals surface area contributed by atoms with E-state index in [-0.39, 0.29) is 17.6 Å². The number of nitrogens with two attached hydrogens (primary N) is 1. The van der Waals surface area contributed by atoms with Crippen molar-refractivity contribution in [3.8, 4) is 0 Å². The highest BCUT2D eigenvalue weighted by atomic mass is 32.2. The van der Waals surface area contributed by atoms with E-state index in [2.05, 4.69) is 5.32 Å². The highest BCUT2D eigenvalue weighted by Crippen LogP contribution is 2.17. The van der Waals surface area contributed by atoms with Crippen molar-refractivity contribution in [3.63, 3.8) is 0 Å². The van der Waals surface area contributed by atoms with Crippen LogP contribution in [0.1, 0.15) is 28.4 Å². The van der Waals surface area contributed by atoms with Crippen LogP contribution in [0.15, 0.2) is 53.4 Å². The van der Waals surface area contributed by atoms with Crippen LogP contribution in [0.2, 0.25) is 0 Å². The Balaban J connectivity index is 2.04. The van der Waals surface area contributed by atoms with Crippen LogP contribution in [0.4, 0.5) is 0 Å². The maximum absolute atomic E-state index is 12.5. The lowest BCUT2D eigenvalue weighted by molar-refractivity contribution is 0.0948. The fourth-order valence-corrected chi connectivity index (χ4v) is 3.60. The van der Waals surface area contributed by atoms with Gasteiger partial charge in [-0.3, -0.25) is 4.79 Å². The molecule has 6 heteroatoms. The predicted octanol–water partition coefficient (Wildman–Crippen LogP) is 2.29. The highest BCUT2D eigenvalue weighted by molar-refractivity contribution is 7.90. The van der Waals surface area contributed by atoms with Crippen LogP contribution in [0.5, 0.6) is 0 Å². The Morgan fingerprint density at radius 2 is 1.68 bits per heavy atom. The zero-order valence-corrected chi connectivity index (χ0v) is 15.3. The van der Waals surface area contributed by atoms with Crippen LogP contribution in [0, 0.1) is 12.8 Å². The summed E-state index contributed by atoms with van der Waals surface area (Å²) < 4.78 is 24.9. The normalized spacial score (nSPS) is 12.6. The number of nitrogens with one attached hydrogen (secondary N) is 1. The van der Waals surface area contributed by atoms with E-state index in [1.165, 1.54) is 0 Å². The topological polar surface area (TPSA) is 89.3 Å². The van der Waals surface area contributed by atoms with Crippen molar-refractivity contribution < 1.29 is 13.2 Å². The quantitative estimate of drug-likeness (QED) is 0.793. The van der Waals surface area contributed by atoms with Gasteiger partial charge in [-0.1, -0.05) is 36.8 Å². The van der Waals surface area contributed by atoms with Gasteiger partial charge in [0.05, 0.1) is 10.6 Å². The first kappa shape index (κ1) is 19.1. The molecule has 2 aromatic carbocycles. The van der Waals surface area contributed by atoms with Gasteiger partial charge in [-0.15, -0.1) is 0 Å². The molecule has 3 N–H and O–H groups in total. The van der Waals surface area contributed by atoms with Gasteiger partial charge < -0.3 is 11.1 Å². The van der Waals surface area contributed by atoms with E-state index in [1.54, 1.807) is 48.5 Å². The molecule has 2 rings (SSSR count). The van der Waals surface area contributed by atoms with Gasteiger partial charge in [0.1, 0.15) is 0 Å². The lowest BCUT2D eigenvalue weighted by Gasteiger charge is -2.10. The number of sulfone groups is 1. The summed E-state index contributed by atoms with van der Waals surface area (Å²) in [5.74, 6) is -0.0709. The number of hydrogen-bond donors (Lipinski definition) is 2. The molecule has 134 valence electrons. The third-order valence-corrected chi connectivity index (χ3v) is 5.67. The molecular weight excluding hydrogens is 336 g/mol. The molecular formula is C19H24N2O3S. The summed E-state index contributed by atoms with van der Waals surface area (Å²) >= 11 is 0. The Hall–Kier alpha value is -2.18. The molecule has 0 heterocycles.